The van der Waals surface area contributed by atoms with Crippen molar-refractivity contribution in [2.24, 2.45) is 5.41 Å². The van der Waals surface area contributed by atoms with Crippen LogP contribution in [0.4, 0.5) is 5.95 Å². The van der Waals surface area contributed by atoms with E-state index in [0.29, 0.717) is 70.6 Å². The summed E-state index contributed by atoms with van der Waals surface area (Å²) in [5, 5.41) is 3.39. The summed E-state index contributed by atoms with van der Waals surface area (Å²) >= 11 is 0. The molecule has 0 bridgehead atoms. The summed E-state index contributed by atoms with van der Waals surface area (Å²) in [7, 11) is 0. The molecule has 3 heterocycles. The van der Waals surface area contributed by atoms with Crippen LogP contribution in [0.1, 0.15) is 12.8 Å². The zero-order chi connectivity index (χ0) is 21.6. The highest BCUT2D eigenvalue weighted by Crippen LogP contribution is 2.34. The molecule has 1 spiro atoms. The van der Waals surface area contributed by atoms with Gasteiger partial charge < -0.3 is 33.9 Å². The second kappa shape index (κ2) is 13.5. The molecular weight excluding hydrogens is 400 g/mol. The Kier molecular flexibility index (Phi) is 10.3. The van der Waals surface area contributed by atoms with Crippen molar-refractivity contribution < 1.29 is 23.7 Å². The Hall–Kier alpha value is -1.96. The van der Waals surface area contributed by atoms with E-state index in [1.54, 1.807) is 12.4 Å². The molecule has 172 valence electrons. The lowest BCUT2D eigenvalue weighted by molar-refractivity contribution is -0.00189. The van der Waals surface area contributed by atoms with E-state index >= 15 is 0 Å². The Morgan fingerprint density at radius 2 is 1.55 bits per heavy atom. The van der Waals surface area contributed by atoms with Crippen LogP contribution in [0.2, 0.25) is 0 Å². The van der Waals surface area contributed by atoms with Gasteiger partial charge in [0.25, 0.3) is 0 Å². The Morgan fingerprint density at radius 1 is 0.935 bits per heavy atom. The number of anilines is 1. The molecule has 0 amide bonds. The largest absolute Gasteiger partial charge is 0.488 e. The van der Waals surface area contributed by atoms with Gasteiger partial charge >= 0.3 is 0 Å². The van der Waals surface area contributed by atoms with Crippen LogP contribution in [0.5, 0.6) is 5.75 Å². The van der Waals surface area contributed by atoms with Gasteiger partial charge in [0.15, 0.2) is 5.75 Å². The number of hydrogen-bond donors (Lipinski definition) is 1. The van der Waals surface area contributed by atoms with Crippen LogP contribution < -0.4 is 15.0 Å². The van der Waals surface area contributed by atoms with Gasteiger partial charge in [-0.25, -0.2) is 9.97 Å². The van der Waals surface area contributed by atoms with Gasteiger partial charge in [-0.3, -0.25) is 0 Å². The molecular formula is C22H34N4O5. The maximum Gasteiger partial charge on any atom is 0.225 e. The van der Waals surface area contributed by atoms with E-state index in [2.05, 4.69) is 26.1 Å². The summed E-state index contributed by atoms with van der Waals surface area (Å²) in [6.45, 7) is 8.58. The van der Waals surface area contributed by atoms with Crippen LogP contribution in [0.15, 0.2) is 12.4 Å². The summed E-state index contributed by atoms with van der Waals surface area (Å²) in [6, 6.07) is 0. The predicted molar refractivity (Wildman–Crippen MR) is 116 cm³/mol. The lowest BCUT2D eigenvalue weighted by Crippen LogP contribution is -2.61. The first-order valence-corrected chi connectivity index (χ1v) is 11.0. The number of terminal acetylenes is 1. The van der Waals surface area contributed by atoms with Gasteiger partial charge in [0, 0.05) is 31.6 Å². The van der Waals surface area contributed by atoms with Crippen LogP contribution in [-0.2, 0) is 18.9 Å². The smallest absolute Gasteiger partial charge is 0.225 e. The average molecular weight is 435 g/mol. The molecule has 2 saturated heterocycles. The van der Waals surface area contributed by atoms with Crippen molar-refractivity contribution in [3.63, 3.8) is 0 Å². The fourth-order valence-corrected chi connectivity index (χ4v) is 3.70. The Bertz CT molecular complexity index is 663. The molecule has 1 N–H and O–H groups in total. The molecule has 1 aromatic rings. The topological polar surface area (TPSA) is 87.2 Å². The Morgan fingerprint density at radius 3 is 2.13 bits per heavy atom. The molecule has 2 aliphatic heterocycles. The summed E-state index contributed by atoms with van der Waals surface area (Å²) < 4.78 is 27.0. The van der Waals surface area contributed by atoms with Crippen LogP contribution in [0.25, 0.3) is 0 Å². The molecule has 0 unspecified atom stereocenters. The quantitative estimate of drug-likeness (QED) is 0.317. The van der Waals surface area contributed by atoms with Crippen molar-refractivity contribution in [1.29, 1.82) is 0 Å². The fraction of sp³-hybridized carbons (Fsp3) is 0.727. The minimum absolute atomic E-state index is 0.316. The monoisotopic (exact) mass is 434 g/mol. The molecule has 0 saturated carbocycles. The number of aromatic nitrogens is 2. The van der Waals surface area contributed by atoms with E-state index in [1.807, 2.05) is 0 Å². The number of nitrogens with zero attached hydrogens (tertiary/aromatic N) is 3. The van der Waals surface area contributed by atoms with Crippen molar-refractivity contribution in [3.8, 4) is 18.1 Å². The van der Waals surface area contributed by atoms with Gasteiger partial charge in [-0.15, -0.1) is 6.42 Å². The standard InChI is InChI=1S/C22H34N4O5/c1-2-6-27-7-8-28-9-10-29-11-12-30-13-14-31-20-15-24-21(25-16-20)26-5-3-4-22(19-26)17-23-18-22/h1,15-16,23H,3-14,17-19H2. The molecule has 9 nitrogen and oxygen atoms in total. The van der Waals surface area contributed by atoms with E-state index in [4.69, 9.17) is 30.1 Å². The highest BCUT2D eigenvalue weighted by atomic mass is 16.6. The normalized spacial score (nSPS) is 17.3. The molecule has 1 aromatic heterocycles. The average Bonchev–Trinajstić information content (AvgIpc) is 2.79. The molecule has 3 rings (SSSR count). The number of nitrogens with one attached hydrogen (secondary N) is 1. The van der Waals surface area contributed by atoms with Crippen molar-refractivity contribution in [3.05, 3.63) is 12.4 Å². The van der Waals surface area contributed by atoms with E-state index < -0.39 is 0 Å². The summed E-state index contributed by atoms with van der Waals surface area (Å²) in [5.41, 5.74) is 0.419. The first kappa shape index (κ1) is 23.7. The Labute approximate surface area is 184 Å². The van der Waals surface area contributed by atoms with E-state index in [0.717, 1.165) is 32.1 Å². The number of rotatable bonds is 15. The first-order valence-electron chi connectivity index (χ1n) is 11.0. The van der Waals surface area contributed by atoms with Crippen LogP contribution in [0.3, 0.4) is 0 Å². The lowest BCUT2D eigenvalue weighted by atomic mass is 9.75. The van der Waals surface area contributed by atoms with Gasteiger partial charge in [-0.2, -0.15) is 0 Å². The molecule has 31 heavy (non-hydrogen) atoms. The highest BCUT2D eigenvalue weighted by molar-refractivity contribution is 5.33. The van der Waals surface area contributed by atoms with Gasteiger partial charge in [-0.1, -0.05) is 5.92 Å². The molecule has 2 aliphatic rings. The van der Waals surface area contributed by atoms with Crippen molar-refractivity contribution in [1.82, 2.24) is 15.3 Å². The van der Waals surface area contributed by atoms with E-state index in [-0.39, 0.29) is 0 Å². The van der Waals surface area contributed by atoms with E-state index in [9.17, 15) is 0 Å². The number of ether oxygens (including phenoxy) is 5. The number of hydrogen-bond acceptors (Lipinski definition) is 9. The molecule has 0 radical (unpaired) electrons. The van der Waals surface area contributed by atoms with Crippen LogP contribution in [-0.4, -0.2) is 95.6 Å². The predicted octanol–water partition coefficient (Wildman–Crippen LogP) is 0.745. The van der Waals surface area contributed by atoms with Crippen LogP contribution >= 0.6 is 0 Å². The highest BCUT2D eigenvalue weighted by Gasteiger charge is 2.41. The minimum atomic E-state index is 0.316. The molecule has 2 fully saturated rings. The van der Waals surface area contributed by atoms with Crippen molar-refractivity contribution in [2.45, 2.75) is 12.8 Å². The van der Waals surface area contributed by atoms with Crippen molar-refractivity contribution in [2.75, 3.05) is 90.5 Å². The number of piperidine rings is 1. The second-order valence-corrected chi connectivity index (χ2v) is 7.79. The molecule has 0 atom stereocenters. The summed E-state index contributed by atoms with van der Waals surface area (Å²) in [4.78, 5) is 11.3. The third-order valence-corrected chi connectivity index (χ3v) is 5.36. The molecule has 9 heteroatoms. The zero-order valence-electron chi connectivity index (χ0n) is 18.2. The SMILES string of the molecule is C#CCOCCOCCOCCOCCOc1cnc(N2CCCC3(CNC3)C2)nc1. The molecule has 0 aromatic carbocycles. The Balaban J connectivity index is 1.16. The summed E-state index contributed by atoms with van der Waals surface area (Å²) in [6.07, 6.45) is 11.0. The van der Waals surface area contributed by atoms with Gasteiger partial charge in [0.2, 0.25) is 5.95 Å². The summed E-state index contributed by atoms with van der Waals surface area (Å²) in [5.74, 6) is 3.85. The van der Waals surface area contributed by atoms with E-state index in [1.165, 1.54) is 12.8 Å². The van der Waals surface area contributed by atoms with Gasteiger partial charge in [0.1, 0.15) is 13.2 Å². The fourth-order valence-electron chi connectivity index (χ4n) is 3.70. The first-order chi connectivity index (χ1) is 15.3. The third-order valence-electron chi connectivity index (χ3n) is 5.36. The third kappa shape index (κ3) is 8.24. The van der Waals surface area contributed by atoms with Crippen molar-refractivity contribution >= 4 is 5.95 Å². The van der Waals surface area contributed by atoms with Gasteiger partial charge in [-0.05, 0) is 12.8 Å². The maximum atomic E-state index is 5.66. The van der Waals surface area contributed by atoms with Crippen LogP contribution in [0, 0.1) is 17.8 Å². The maximum absolute atomic E-state index is 5.66. The molecule has 0 aliphatic carbocycles. The zero-order valence-corrected chi connectivity index (χ0v) is 18.2. The van der Waals surface area contributed by atoms with Gasteiger partial charge in [0.05, 0.1) is 58.6 Å². The lowest BCUT2D eigenvalue weighted by Gasteiger charge is -2.49. The minimum Gasteiger partial charge on any atom is -0.488 e. The second-order valence-electron chi connectivity index (χ2n) is 7.79.